The Labute approximate surface area is 562 Å². The number of pyridine rings is 6. The lowest BCUT2D eigenvalue weighted by Crippen LogP contribution is -2.26. The molecule has 10 aromatic heterocycles. The van der Waals surface area contributed by atoms with E-state index < -0.39 is 16.1 Å². The maximum absolute atomic E-state index is 6.09. The van der Waals surface area contributed by atoms with Gasteiger partial charge in [-0.2, -0.15) is 15.2 Å². The second-order valence-electron chi connectivity index (χ2n) is 25.9. The summed E-state index contributed by atoms with van der Waals surface area (Å²) in [4.78, 5) is 35.4. The Morgan fingerprint density at radius 3 is 1.87 bits per heavy atom. The van der Waals surface area contributed by atoms with Gasteiger partial charge in [0.2, 0.25) is 15.1 Å². The van der Waals surface area contributed by atoms with Gasteiger partial charge in [-0.25, -0.2) is 19.6 Å². The van der Waals surface area contributed by atoms with Crippen molar-refractivity contribution in [3.05, 3.63) is 114 Å². The second kappa shape index (κ2) is 31.4. The van der Waals surface area contributed by atoms with Crippen LogP contribution in [0.3, 0.4) is 0 Å². The van der Waals surface area contributed by atoms with E-state index in [1.54, 1.807) is 53.5 Å². The number of halogens is 2. The first-order valence-corrected chi connectivity index (χ1v) is 43.1. The van der Waals surface area contributed by atoms with Gasteiger partial charge in [-0.1, -0.05) is 112 Å². The first-order valence-electron chi connectivity index (χ1n) is 31.7. The number of ether oxygens (including phenoxy) is 3. The summed E-state index contributed by atoms with van der Waals surface area (Å²) in [5.41, 5.74) is 7.09. The van der Waals surface area contributed by atoms with E-state index in [-0.39, 0.29) is 0 Å². The van der Waals surface area contributed by atoms with Crippen LogP contribution in [0.1, 0.15) is 116 Å². The summed E-state index contributed by atoms with van der Waals surface area (Å²) < 4.78 is 22.8. The Morgan fingerprint density at radius 2 is 1.20 bits per heavy atom. The van der Waals surface area contributed by atoms with Gasteiger partial charge in [0, 0.05) is 112 Å². The van der Waals surface area contributed by atoms with Gasteiger partial charge in [0.1, 0.15) is 40.1 Å². The van der Waals surface area contributed by atoms with Crippen molar-refractivity contribution in [2.75, 3.05) is 43.9 Å². The first kappa shape index (κ1) is 66.7. The van der Waals surface area contributed by atoms with E-state index >= 15 is 0 Å². The Bertz CT molecular complexity index is 4080. The number of nitrogens with one attached hydrogen (secondary N) is 1. The lowest BCUT2D eigenvalue weighted by molar-refractivity contribution is 0.0757. The molecular weight excluding hydrogens is 1370 g/mol. The van der Waals surface area contributed by atoms with Crippen LogP contribution in [0.25, 0.3) is 44.2 Å². The molecule has 0 radical (unpaired) electrons. The third-order valence-corrected chi connectivity index (χ3v) is 23.7. The summed E-state index contributed by atoms with van der Waals surface area (Å²) in [6.07, 6.45) is 25.3. The molecule has 10 aromatic rings. The van der Waals surface area contributed by atoms with Gasteiger partial charge in [-0.05, 0) is 143 Å². The van der Waals surface area contributed by atoms with Crippen LogP contribution >= 0.6 is 65.9 Å². The number of rotatable bonds is 23. The average Bonchev–Trinajstić information content (AvgIpc) is 2.58. The molecule has 0 spiro atoms. The van der Waals surface area contributed by atoms with Gasteiger partial charge in [0.05, 0.1) is 39.3 Å². The third-order valence-electron chi connectivity index (χ3n) is 16.2. The Kier molecular flexibility index (Phi) is 23.0. The molecule has 1 N–H and O–H groups in total. The van der Waals surface area contributed by atoms with Gasteiger partial charge in [0.15, 0.2) is 5.82 Å². The summed E-state index contributed by atoms with van der Waals surface area (Å²) in [7, 11) is -0.541. The maximum atomic E-state index is 6.09. The first-order chi connectivity index (χ1) is 44.0. The molecule has 13 rings (SSSR count). The van der Waals surface area contributed by atoms with Crippen molar-refractivity contribution < 1.29 is 14.2 Å². The lowest BCUT2D eigenvalue weighted by Gasteiger charge is -2.22. The van der Waals surface area contributed by atoms with Gasteiger partial charge in [0.25, 0.3) is 0 Å². The molecular formula is C64H81Br2N17O3S3Si2. The number of fused-ring (bicyclic) bond motifs is 3. The van der Waals surface area contributed by atoms with Gasteiger partial charge in [-0.3, -0.25) is 24.5 Å². The number of aromatic nitrogens is 14. The number of hydrogen-bond acceptors (Lipinski definition) is 21. The fourth-order valence-electron chi connectivity index (χ4n) is 11.0. The number of aryl methyl sites for hydroxylation is 1. The highest BCUT2D eigenvalue weighted by atomic mass is 79.9. The molecule has 3 fully saturated rings. The fraction of sp³-hybridized carbons (Fsp3) is 0.484. The highest BCUT2D eigenvalue weighted by Crippen LogP contribution is 2.40. The van der Waals surface area contributed by atoms with Gasteiger partial charge >= 0.3 is 0 Å². The van der Waals surface area contributed by atoms with Crippen molar-refractivity contribution in [1.82, 2.24) is 69.9 Å². The molecule has 0 aromatic carbocycles. The van der Waals surface area contributed by atoms with Crippen molar-refractivity contribution in [1.29, 1.82) is 0 Å². The van der Waals surface area contributed by atoms with E-state index in [1.165, 1.54) is 82.1 Å². The molecule has 20 nitrogen and oxygen atoms in total. The molecule has 0 amide bonds. The van der Waals surface area contributed by atoms with Crippen LogP contribution in [-0.2, 0) is 27.5 Å². The molecule has 10 heterocycles. The smallest absolute Gasteiger partial charge is 0.215 e. The monoisotopic (exact) mass is 1450 g/mol. The minimum atomic E-state index is -1.14. The van der Waals surface area contributed by atoms with Crippen molar-refractivity contribution in [2.24, 2.45) is 4.99 Å². The number of anilines is 4. The van der Waals surface area contributed by atoms with Crippen LogP contribution in [0.5, 0.6) is 0 Å². The molecule has 0 unspecified atom stereocenters. The van der Waals surface area contributed by atoms with E-state index in [1.807, 2.05) is 87.5 Å². The molecule has 0 saturated heterocycles. The standard InChI is InChI=1S/C22H25N7OS.2C21H28BrN5OSSi/c1-30-10-4-9-29-14-17(13-24-29)16-11-19-18(23-12-16)7-8-20(25-19)26-22-28-27-21(31-22)15-5-2-3-6-15;1-30(2,3)11-10-28-14-27(21-26-25-20(29-21)15-6-4-5-7-15)19-9-8-17-18(24-19)12-16(22)13-23-17;1-30(2,3)11-10-28-14-27-21(29-20(26-27)15-6-4-5-7-15)25-19-9-8-17-18(24-19)12-16(22)13-23-17/h7-8,11-15H,2-6,9-10H2,1H3,(H,25,26,28);2*8-9,12-13,15H,4-7,10-11,14H2,1-3H3. The number of methoxy groups -OCH3 is 1. The predicted octanol–water partition coefficient (Wildman–Crippen LogP) is 17.0. The van der Waals surface area contributed by atoms with E-state index in [9.17, 15) is 0 Å². The molecule has 3 saturated carbocycles. The van der Waals surface area contributed by atoms with Crippen LogP contribution in [0.2, 0.25) is 51.4 Å². The predicted molar refractivity (Wildman–Crippen MR) is 379 cm³/mol. The van der Waals surface area contributed by atoms with Crippen LogP contribution in [0, 0.1) is 0 Å². The topological polar surface area (TPSA) is 220 Å². The quantitative estimate of drug-likeness (QED) is 0.0357. The molecule has 480 valence electrons. The largest absolute Gasteiger partial charge is 0.385 e. The fourth-order valence-corrected chi connectivity index (χ4v) is 16.2. The van der Waals surface area contributed by atoms with Crippen molar-refractivity contribution >= 4 is 143 Å². The molecule has 3 aliphatic rings. The minimum Gasteiger partial charge on any atom is -0.385 e. The summed E-state index contributed by atoms with van der Waals surface area (Å²) in [6.45, 7) is 18.1. The van der Waals surface area contributed by atoms with Gasteiger partial charge in [-0.15, -0.1) is 20.4 Å². The zero-order valence-corrected chi connectivity index (χ0v) is 60.6. The Balaban J connectivity index is 0.000000140. The molecule has 91 heavy (non-hydrogen) atoms. The molecule has 0 atom stereocenters. The van der Waals surface area contributed by atoms with Gasteiger partial charge < -0.3 is 19.5 Å². The lowest BCUT2D eigenvalue weighted by atomic mass is 10.1. The summed E-state index contributed by atoms with van der Waals surface area (Å²) in [5, 5.41) is 35.4. The van der Waals surface area contributed by atoms with Crippen LogP contribution < -0.4 is 15.0 Å². The molecule has 0 aliphatic heterocycles. The van der Waals surface area contributed by atoms with Crippen molar-refractivity contribution in [3.63, 3.8) is 0 Å². The second-order valence-corrected chi connectivity index (χ2v) is 42.0. The van der Waals surface area contributed by atoms with Crippen molar-refractivity contribution in [2.45, 2.75) is 166 Å². The zero-order chi connectivity index (χ0) is 63.3. The maximum Gasteiger partial charge on any atom is 0.215 e. The SMILES string of the molecule is COCCCn1cc(-c2cnc3ccc(Nc4nnc(C5CCCC5)s4)nc3c2)cn1.C[Si](C)(C)CCOCN(c1ccc2ncc(Br)cc2n1)c1nnc(C2CCCC2)s1.C[Si](C)(C)CCOCn1nc(C2CCCC2)sc1=Nc1ccc2ncc(Br)cc2n1. The van der Waals surface area contributed by atoms with Crippen LogP contribution in [-0.4, -0.2) is 120 Å². The van der Waals surface area contributed by atoms with Crippen molar-refractivity contribution in [3.8, 4) is 11.1 Å². The molecule has 0 bridgehead atoms. The average molecular weight is 1450 g/mol. The summed E-state index contributed by atoms with van der Waals surface area (Å²) in [6, 6.07) is 20.0. The van der Waals surface area contributed by atoms with E-state index in [0.29, 0.717) is 37.0 Å². The van der Waals surface area contributed by atoms with Crippen LogP contribution in [0.15, 0.2) is 99.5 Å². The third kappa shape index (κ3) is 19.0. The highest BCUT2D eigenvalue weighted by Gasteiger charge is 2.26. The molecule has 3 aliphatic carbocycles. The summed E-state index contributed by atoms with van der Waals surface area (Å²) >= 11 is 11.9. The normalized spacial score (nSPS) is 15.2. The van der Waals surface area contributed by atoms with E-state index in [2.05, 4.69) is 122 Å². The van der Waals surface area contributed by atoms with E-state index in [0.717, 1.165) is 135 Å². The van der Waals surface area contributed by atoms with E-state index in [4.69, 9.17) is 34.3 Å². The Hall–Kier alpha value is -5.76. The summed E-state index contributed by atoms with van der Waals surface area (Å²) in [5.74, 6) is 3.90. The Morgan fingerprint density at radius 1 is 0.604 bits per heavy atom. The molecule has 27 heteroatoms. The number of hydrogen-bond donors (Lipinski definition) is 1. The van der Waals surface area contributed by atoms with Crippen LogP contribution in [0.4, 0.5) is 27.7 Å². The highest BCUT2D eigenvalue weighted by molar-refractivity contribution is 9.10. The number of nitrogens with zero attached hydrogens (tertiary/aromatic N) is 16. The minimum absolute atomic E-state index is 0.420. The zero-order valence-electron chi connectivity index (χ0n) is 53.0.